The van der Waals surface area contributed by atoms with Crippen LogP contribution in [0.5, 0.6) is 0 Å². The van der Waals surface area contributed by atoms with Crippen molar-refractivity contribution in [2.45, 2.75) is 40.2 Å². The second kappa shape index (κ2) is 10.5. The van der Waals surface area contributed by atoms with Crippen LogP contribution in [0.1, 0.15) is 57.4 Å². The maximum Gasteiger partial charge on any atom is 0.342 e. The third-order valence-electron chi connectivity index (χ3n) is 5.06. The Morgan fingerprint density at radius 1 is 1.00 bits per heavy atom. The summed E-state index contributed by atoms with van der Waals surface area (Å²) < 4.78 is 7.04. The number of benzene rings is 2. The highest BCUT2D eigenvalue weighted by molar-refractivity contribution is 6.00. The fourth-order valence-electron chi connectivity index (χ4n) is 3.38. The number of amides is 1. The summed E-state index contributed by atoms with van der Waals surface area (Å²) in [6.45, 7) is 5.66. The molecule has 0 saturated carbocycles. The Morgan fingerprint density at radius 2 is 1.69 bits per heavy atom. The van der Waals surface area contributed by atoms with Gasteiger partial charge in [0, 0.05) is 17.7 Å². The minimum absolute atomic E-state index is 0.0703. The van der Waals surface area contributed by atoms with Crippen molar-refractivity contribution in [2.24, 2.45) is 0 Å². The van der Waals surface area contributed by atoms with E-state index in [1.54, 1.807) is 35.9 Å². The first-order valence-electron chi connectivity index (χ1n) is 10.6. The van der Waals surface area contributed by atoms with E-state index in [4.69, 9.17) is 4.74 Å². The predicted octanol–water partition coefficient (Wildman–Crippen LogP) is 4.33. The van der Waals surface area contributed by atoms with Gasteiger partial charge in [-0.3, -0.25) is 14.3 Å². The quantitative estimate of drug-likeness (QED) is 0.401. The van der Waals surface area contributed by atoms with Crippen LogP contribution in [0.2, 0.25) is 0 Å². The van der Waals surface area contributed by atoms with Gasteiger partial charge in [-0.1, -0.05) is 37.3 Å². The summed E-state index contributed by atoms with van der Waals surface area (Å²) in [5, 5.41) is 7.22. The lowest BCUT2D eigenvalue weighted by atomic mass is 10.1. The van der Waals surface area contributed by atoms with Crippen molar-refractivity contribution in [1.29, 1.82) is 0 Å². The Balaban J connectivity index is 1.60. The zero-order valence-electron chi connectivity index (χ0n) is 18.6. The molecule has 166 valence electrons. The number of aromatic nitrogens is 2. The minimum atomic E-state index is -0.573. The normalized spacial score (nSPS) is 10.6. The van der Waals surface area contributed by atoms with E-state index in [1.165, 1.54) is 0 Å². The lowest BCUT2D eigenvalue weighted by Crippen LogP contribution is -2.16. The van der Waals surface area contributed by atoms with Crippen LogP contribution in [0.15, 0.2) is 54.6 Å². The van der Waals surface area contributed by atoms with Gasteiger partial charge in [-0.05, 0) is 50.1 Å². The topological polar surface area (TPSA) is 90.3 Å². The summed E-state index contributed by atoms with van der Waals surface area (Å²) in [5.41, 5.74) is 3.72. The molecule has 32 heavy (non-hydrogen) atoms. The number of nitrogens with zero attached hydrogens (tertiary/aromatic N) is 2. The number of esters is 1. The summed E-state index contributed by atoms with van der Waals surface area (Å²) >= 11 is 0. The van der Waals surface area contributed by atoms with E-state index in [-0.39, 0.29) is 18.3 Å². The Kier molecular flexibility index (Phi) is 7.54. The van der Waals surface area contributed by atoms with Crippen LogP contribution in [0.4, 0.5) is 5.69 Å². The molecule has 0 aliphatic rings. The maximum absolute atomic E-state index is 12.6. The van der Waals surface area contributed by atoms with Crippen LogP contribution in [0.3, 0.4) is 0 Å². The smallest absolute Gasteiger partial charge is 0.342 e. The second-order valence-corrected chi connectivity index (χ2v) is 7.56. The molecule has 0 fully saturated rings. The lowest BCUT2D eigenvalue weighted by molar-refractivity contribution is -0.116. The van der Waals surface area contributed by atoms with E-state index in [0.717, 1.165) is 12.0 Å². The molecule has 2 aromatic carbocycles. The van der Waals surface area contributed by atoms with Crippen molar-refractivity contribution in [3.05, 3.63) is 82.7 Å². The lowest BCUT2D eigenvalue weighted by Gasteiger charge is -2.08. The third-order valence-corrected chi connectivity index (χ3v) is 5.06. The van der Waals surface area contributed by atoms with Crippen LogP contribution >= 0.6 is 0 Å². The zero-order valence-corrected chi connectivity index (χ0v) is 18.6. The van der Waals surface area contributed by atoms with Crippen molar-refractivity contribution in [3.8, 4) is 0 Å². The van der Waals surface area contributed by atoms with Crippen molar-refractivity contribution in [1.82, 2.24) is 9.78 Å². The highest BCUT2D eigenvalue weighted by atomic mass is 16.5. The van der Waals surface area contributed by atoms with Gasteiger partial charge in [0.25, 0.3) is 0 Å². The molecule has 3 rings (SSSR count). The van der Waals surface area contributed by atoms with E-state index in [1.807, 2.05) is 44.2 Å². The largest absolute Gasteiger partial charge is 0.454 e. The Hall–Kier alpha value is -3.74. The first kappa shape index (κ1) is 22.9. The number of carbonyl (C=O) groups is 3. The summed E-state index contributed by atoms with van der Waals surface area (Å²) in [4.78, 5) is 36.8. The van der Waals surface area contributed by atoms with Gasteiger partial charge in [-0.25, -0.2) is 4.79 Å². The number of ketones is 1. The molecule has 0 saturated heterocycles. The van der Waals surface area contributed by atoms with E-state index >= 15 is 0 Å². The molecule has 0 bridgehead atoms. The number of ether oxygens (including phenoxy) is 1. The molecular weight excluding hydrogens is 406 g/mol. The second-order valence-electron chi connectivity index (χ2n) is 7.56. The van der Waals surface area contributed by atoms with Crippen LogP contribution in [0, 0.1) is 13.8 Å². The fraction of sp³-hybridized carbons (Fsp3) is 0.280. The van der Waals surface area contributed by atoms with Gasteiger partial charge < -0.3 is 10.1 Å². The molecule has 0 aliphatic carbocycles. The first-order chi connectivity index (χ1) is 15.4. The fourth-order valence-corrected chi connectivity index (χ4v) is 3.38. The van der Waals surface area contributed by atoms with Gasteiger partial charge in [0.15, 0.2) is 12.4 Å². The monoisotopic (exact) mass is 433 g/mol. The van der Waals surface area contributed by atoms with Crippen LogP contribution < -0.4 is 5.32 Å². The van der Waals surface area contributed by atoms with E-state index < -0.39 is 5.97 Å². The maximum atomic E-state index is 12.6. The van der Waals surface area contributed by atoms with Crippen LogP contribution in [-0.2, 0) is 16.1 Å². The average molecular weight is 434 g/mol. The van der Waals surface area contributed by atoms with Gasteiger partial charge in [0.05, 0.1) is 17.9 Å². The molecule has 0 atom stereocenters. The number of hydrogen-bond donors (Lipinski definition) is 1. The summed E-state index contributed by atoms with van der Waals surface area (Å²) in [6, 6.07) is 16.4. The molecule has 3 aromatic rings. The summed E-state index contributed by atoms with van der Waals surface area (Å²) in [5.74, 6) is -0.966. The number of Topliss-reactive ketones (excluding diaryl/α,β-unsaturated/α-hetero) is 1. The molecule has 1 amide bonds. The van der Waals surface area contributed by atoms with Crippen molar-refractivity contribution in [2.75, 3.05) is 11.9 Å². The van der Waals surface area contributed by atoms with Gasteiger partial charge in [-0.15, -0.1) is 0 Å². The number of nitrogens with one attached hydrogen (secondary N) is 1. The average Bonchev–Trinajstić information content (AvgIpc) is 3.06. The number of aryl methyl sites for hydroxylation is 1. The van der Waals surface area contributed by atoms with E-state index in [9.17, 15) is 14.4 Å². The van der Waals surface area contributed by atoms with Gasteiger partial charge in [-0.2, -0.15) is 5.10 Å². The van der Waals surface area contributed by atoms with E-state index in [2.05, 4.69) is 10.4 Å². The Morgan fingerprint density at radius 3 is 2.34 bits per heavy atom. The minimum Gasteiger partial charge on any atom is -0.454 e. The zero-order chi connectivity index (χ0) is 23.1. The number of anilines is 1. The highest BCUT2D eigenvalue weighted by Crippen LogP contribution is 2.17. The molecule has 0 radical (unpaired) electrons. The Labute approximate surface area is 187 Å². The molecule has 7 heteroatoms. The van der Waals surface area contributed by atoms with Gasteiger partial charge in [0.2, 0.25) is 5.91 Å². The SMILES string of the molecule is CCCC(=O)Nc1ccc(C(=O)COC(=O)c2c(C)nn(Cc3ccccc3)c2C)cc1. The van der Waals surface area contributed by atoms with Gasteiger partial charge in [0.1, 0.15) is 5.56 Å². The predicted molar refractivity (Wildman–Crippen MR) is 122 cm³/mol. The molecule has 1 N–H and O–H groups in total. The Bertz CT molecular complexity index is 1100. The number of hydrogen-bond acceptors (Lipinski definition) is 5. The van der Waals surface area contributed by atoms with Crippen LogP contribution in [-0.4, -0.2) is 34.0 Å². The summed E-state index contributed by atoms with van der Waals surface area (Å²) in [6.07, 6.45) is 1.20. The van der Waals surface area contributed by atoms with E-state index in [0.29, 0.717) is 41.2 Å². The van der Waals surface area contributed by atoms with Crippen molar-refractivity contribution < 1.29 is 19.1 Å². The number of rotatable bonds is 9. The third kappa shape index (κ3) is 5.69. The molecule has 0 aliphatic heterocycles. The molecule has 0 spiro atoms. The van der Waals surface area contributed by atoms with Crippen molar-refractivity contribution >= 4 is 23.3 Å². The molecule has 1 heterocycles. The molecular formula is C25H27N3O4. The van der Waals surface area contributed by atoms with Gasteiger partial charge >= 0.3 is 5.97 Å². The first-order valence-corrected chi connectivity index (χ1v) is 10.6. The van der Waals surface area contributed by atoms with Crippen molar-refractivity contribution in [3.63, 3.8) is 0 Å². The van der Waals surface area contributed by atoms with Crippen LogP contribution in [0.25, 0.3) is 0 Å². The molecule has 1 aromatic heterocycles. The highest BCUT2D eigenvalue weighted by Gasteiger charge is 2.21. The molecule has 7 nitrogen and oxygen atoms in total. The summed E-state index contributed by atoms with van der Waals surface area (Å²) in [7, 11) is 0. The standard InChI is InChI=1S/C25H27N3O4/c1-4-8-23(30)26-21-13-11-20(12-14-21)22(29)16-32-25(31)24-17(2)27-28(18(24)3)15-19-9-6-5-7-10-19/h5-7,9-14H,4,8,15-16H2,1-3H3,(H,26,30). The molecule has 0 unspecified atom stereocenters. The number of carbonyl (C=O) groups excluding carboxylic acids is 3.